The molecule has 0 N–H and O–H groups in total. The van der Waals surface area contributed by atoms with Gasteiger partial charge >= 0.3 is 12.1 Å². The normalized spacial score (nSPS) is 12.5. The molecule has 0 spiro atoms. The molecule has 0 aliphatic carbocycles. The van der Waals surface area contributed by atoms with Gasteiger partial charge in [0.05, 0.1) is 13.0 Å². The standard InChI is InChI=1S/C26H24F4O3/c1-16(2)13-22(25(31)32-3)21-14-18(17-7-5-4-6-8-17)15-23(24(21)26(28,29)30)33-20-11-9-19(27)10-12-20/h4-12,14-16,22H,13H2,1-3H3. The van der Waals surface area contributed by atoms with Gasteiger partial charge < -0.3 is 9.47 Å². The number of alkyl halides is 3. The molecule has 7 heteroatoms. The third-order valence-corrected chi connectivity index (χ3v) is 5.13. The maximum atomic E-state index is 14.4. The zero-order valence-corrected chi connectivity index (χ0v) is 18.4. The molecule has 174 valence electrons. The van der Waals surface area contributed by atoms with Crippen molar-refractivity contribution in [3.8, 4) is 22.6 Å². The molecular formula is C26H24F4O3. The Morgan fingerprint density at radius 3 is 2.12 bits per heavy atom. The van der Waals surface area contributed by atoms with Crippen LogP contribution in [0.15, 0.2) is 66.7 Å². The van der Waals surface area contributed by atoms with E-state index >= 15 is 0 Å². The second-order valence-electron chi connectivity index (χ2n) is 8.06. The topological polar surface area (TPSA) is 35.5 Å². The SMILES string of the molecule is COC(=O)C(CC(C)C)c1cc(-c2ccccc2)cc(Oc2ccc(F)cc2)c1C(F)(F)F. The van der Waals surface area contributed by atoms with Gasteiger partial charge in [0.15, 0.2) is 0 Å². The predicted octanol–water partition coefficient (Wildman–Crippen LogP) is 7.61. The lowest BCUT2D eigenvalue weighted by Gasteiger charge is -2.25. The van der Waals surface area contributed by atoms with E-state index in [4.69, 9.17) is 9.47 Å². The fourth-order valence-electron chi connectivity index (χ4n) is 3.69. The summed E-state index contributed by atoms with van der Waals surface area (Å²) in [6.45, 7) is 3.64. The fourth-order valence-corrected chi connectivity index (χ4v) is 3.69. The third-order valence-electron chi connectivity index (χ3n) is 5.13. The molecule has 0 aliphatic rings. The van der Waals surface area contributed by atoms with Crippen LogP contribution < -0.4 is 4.74 Å². The number of carbonyl (C=O) groups excluding carboxylic acids is 1. The van der Waals surface area contributed by atoms with E-state index in [2.05, 4.69) is 0 Å². The van der Waals surface area contributed by atoms with Crippen LogP contribution in [-0.4, -0.2) is 13.1 Å². The summed E-state index contributed by atoms with van der Waals surface area (Å²) in [6.07, 6.45) is -4.66. The van der Waals surface area contributed by atoms with Crippen LogP contribution in [0.5, 0.6) is 11.5 Å². The van der Waals surface area contributed by atoms with Crippen LogP contribution >= 0.6 is 0 Å². The average Bonchev–Trinajstić information content (AvgIpc) is 2.77. The minimum Gasteiger partial charge on any atom is -0.469 e. The monoisotopic (exact) mass is 460 g/mol. The largest absolute Gasteiger partial charge is 0.469 e. The van der Waals surface area contributed by atoms with E-state index in [0.717, 1.165) is 19.2 Å². The quantitative estimate of drug-likeness (QED) is 0.269. The van der Waals surface area contributed by atoms with E-state index in [1.54, 1.807) is 30.3 Å². The summed E-state index contributed by atoms with van der Waals surface area (Å²) in [7, 11) is 1.15. The van der Waals surface area contributed by atoms with Crippen LogP contribution in [0.4, 0.5) is 17.6 Å². The van der Waals surface area contributed by atoms with Gasteiger partial charge in [0.1, 0.15) is 22.9 Å². The summed E-state index contributed by atoms with van der Waals surface area (Å²) in [5.74, 6) is -2.95. The molecule has 1 unspecified atom stereocenters. The second kappa shape index (κ2) is 10.1. The first-order chi connectivity index (χ1) is 15.6. The number of methoxy groups -OCH3 is 1. The van der Waals surface area contributed by atoms with Crippen LogP contribution in [0, 0.1) is 11.7 Å². The van der Waals surface area contributed by atoms with Crippen LogP contribution in [0.25, 0.3) is 11.1 Å². The van der Waals surface area contributed by atoms with Gasteiger partial charge in [-0.3, -0.25) is 4.79 Å². The Bertz CT molecular complexity index is 1090. The highest BCUT2D eigenvalue weighted by molar-refractivity contribution is 5.81. The first-order valence-electron chi connectivity index (χ1n) is 10.4. The predicted molar refractivity (Wildman–Crippen MR) is 118 cm³/mol. The highest BCUT2D eigenvalue weighted by atomic mass is 19.4. The molecule has 0 saturated heterocycles. The Labute approximate surface area is 190 Å². The maximum Gasteiger partial charge on any atom is 0.420 e. The third kappa shape index (κ3) is 5.92. The lowest BCUT2D eigenvalue weighted by molar-refractivity contribution is -0.144. The van der Waals surface area contributed by atoms with Crippen molar-refractivity contribution < 1.29 is 31.8 Å². The summed E-state index contributed by atoms with van der Waals surface area (Å²) >= 11 is 0. The van der Waals surface area contributed by atoms with Gasteiger partial charge in [-0.2, -0.15) is 13.2 Å². The number of hydrogen-bond donors (Lipinski definition) is 0. The van der Waals surface area contributed by atoms with Crippen LogP contribution in [0.2, 0.25) is 0 Å². The minimum atomic E-state index is -4.82. The van der Waals surface area contributed by atoms with Crippen molar-refractivity contribution >= 4 is 5.97 Å². The summed E-state index contributed by atoms with van der Waals surface area (Å²) < 4.78 is 66.9. The summed E-state index contributed by atoms with van der Waals surface area (Å²) in [6, 6.07) is 16.2. The molecule has 0 aromatic heterocycles. The van der Waals surface area contributed by atoms with Crippen molar-refractivity contribution in [3.63, 3.8) is 0 Å². The Morgan fingerprint density at radius 1 is 0.939 bits per heavy atom. The molecule has 3 rings (SSSR count). The van der Waals surface area contributed by atoms with Crippen molar-refractivity contribution in [1.82, 2.24) is 0 Å². The average molecular weight is 460 g/mol. The van der Waals surface area contributed by atoms with Crippen molar-refractivity contribution in [1.29, 1.82) is 0 Å². The van der Waals surface area contributed by atoms with Gasteiger partial charge in [-0.1, -0.05) is 44.2 Å². The Morgan fingerprint density at radius 2 is 1.58 bits per heavy atom. The van der Waals surface area contributed by atoms with Crippen LogP contribution in [0.1, 0.15) is 37.3 Å². The lowest BCUT2D eigenvalue weighted by atomic mass is 9.85. The van der Waals surface area contributed by atoms with Gasteiger partial charge in [0.2, 0.25) is 0 Å². The summed E-state index contributed by atoms with van der Waals surface area (Å²) in [4.78, 5) is 12.6. The minimum absolute atomic E-state index is 0.0385. The smallest absolute Gasteiger partial charge is 0.420 e. The van der Waals surface area contributed by atoms with E-state index in [9.17, 15) is 22.4 Å². The van der Waals surface area contributed by atoms with E-state index in [-0.39, 0.29) is 23.7 Å². The number of ether oxygens (including phenoxy) is 2. The molecule has 0 bridgehead atoms. The Balaban J connectivity index is 2.30. The molecule has 1 atom stereocenters. The fraction of sp³-hybridized carbons (Fsp3) is 0.269. The molecule has 3 nitrogen and oxygen atoms in total. The molecule has 33 heavy (non-hydrogen) atoms. The first kappa shape index (κ1) is 24.3. The molecule has 0 aliphatic heterocycles. The molecule has 0 radical (unpaired) electrons. The number of halogens is 4. The second-order valence-corrected chi connectivity index (χ2v) is 8.06. The number of rotatable bonds is 7. The lowest BCUT2D eigenvalue weighted by Crippen LogP contribution is -2.21. The number of hydrogen-bond acceptors (Lipinski definition) is 3. The van der Waals surface area contributed by atoms with E-state index in [1.807, 2.05) is 13.8 Å². The summed E-state index contributed by atoms with van der Waals surface area (Å²) in [5.41, 5.74) is -0.165. The van der Waals surface area contributed by atoms with Crippen LogP contribution in [-0.2, 0) is 15.7 Å². The zero-order chi connectivity index (χ0) is 24.2. The highest BCUT2D eigenvalue weighted by Gasteiger charge is 2.41. The Kier molecular flexibility index (Phi) is 7.41. The number of esters is 1. The Hall–Kier alpha value is -3.35. The molecular weight excluding hydrogens is 436 g/mol. The van der Waals surface area contributed by atoms with Gasteiger partial charge in [-0.05, 0) is 65.4 Å². The van der Waals surface area contributed by atoms with Crippen molar-refractivity contribution in [3.05, 3.63) is 83.7 Å². The highest BCUT2D eigenvalue weighted by Crippen LogP contribution is 2.46. The molecule has 0 amide bonds. The van der Waals surface area contributed by atoms with Gasteiger partial charge in [-0.15, -0.1) is 0 Å². The molecule has 0 heterocycles. The first-order valence-corrected chi connectivity index (χ1v) is 10.4. The van der Waals surface area contributed by atoms with E-state index in [0.29, 0.717) is 11.1 Å². The van der Waals surface area contributed by atoms with E-state index < -0.39 is 35.2 Å². The van der Waals surface area contributed by atoms with Gasteiger partial charge in [-0.25, -0.2) is 4.39 Å². The number of carbonyl (C=O) groups is 1. The molecule has 0 fully saturated rings. The molecule has 3 aromatic rings. The molecule has 3 aromatic carbocycles. The van der Waals surface area contributed by atoms with Gasteiger partial charge in [0, 0.05) is 0 Å². The van der Waals surface area contributed by atoms with Crippen molar-refractivity contribution in [2.75, 3.05) is 7.11 Å². The zero-order valence-electron chi connectivity index (χ0n) is 18.4. The van der Waals surface area contributed by atoms with E-state index in [1.165, 1.54) is 24.3 Å². The van der Waals surface area contributed by atoms with Crippen molar-refractivity contribution in [2.45, 2.75) is 32.4 Å². The van der Waals surface area contributed by atoms with Gasteiger partial charge in [0.25, 0.3) is 0 Å². The van der Waals surface area contributed by atoms with Crippen molar-refractivity contribution in [2.24, 2.45) is 5.92 Å². The maximum absolute atomic E-state index is 14.4. The van der Waals surface area contributed by atoms with Crippen LogP contribution in [0.3, 0.4) is 0 Å². The molecule has 0 saturated carbocycles. The summed E-state index contributed by atoms with van der Waals surface area (Å²) in [5, 5.41) is 0. The number of benzene rings is 3.